The van der Waals surface area contributed by atoms with E-state index in [1.807, 2.05) is 0 Å². The van der Waals surface area contributed by atoms with Crippen LogP contribution in [0.4, 0.5) is 39.5 Å². The smallest absolute Gasteiger partial charge is 0.460 e. The fourth-order valence-electron chi connectivity index (χ4n) is 2.26. The minimum Gasteiger partial charge on any atom is -0.477 e. The lowest BCUT2D eigenvalue weighted by molar-refractivity contribution is -0.382. The van der Waals surface area contributed by atoms with Gasteiger partial charge in [0, 0.05) is 17.8 Å². The van der Waals surface area contributed by atoms with Gasteiger partial charge in [-0.15, -0.1) is 11.3 Å². The van der Waals surface area contributed by atoms with E-state index in [4.69, 9.17) is 5.11 Å². The zero-order chi connectivity index (χ0) is 24.2. The molecule has 1 N–H and O–H groups in total. The normalized spacial score (nSPS) is 14.1. The van der Waals surface area contributed by atoms with Gasteiger partial charge in [0.15, 0.2) is 10.6 Å². The number of aromatic nitrogens is 1. The van der Waals surface area contributed by atoms with Crippen LogP contribution in [0.1, 0.15) is 22.2 Å². The second-order valence-corrected chi connectivity index (χ2v) is 8.43. The number of hydrogen-bond donors (Lipinski definition) is 1. The van der Waals surface area contributed by atoms with E-state index >= 15 is 0 Å². The Bertz CT molecular complexity index is 1130. The molecule has 6 nitrogen and oxygen atoms in total. The summed E-state index contributed by atoms with van der Waals surface area (Å²) < 4.78 is 145. The number of pyridine rings is 1. The van der Waals surface area contributed by atoms with Gasteiger partial charge in [0.05, 0.1) is 4.70 Å². The Morgan fingerprint density at radius 1 is 1.06 bits per heavy atom. The van der Waals surface area contributed by atoms with E-state index in [0.29, 0.717) is 0 Å². The fraction of sp³-hybridized carbons (Fsp3) is 0.429. The van der Waals surface area contributed by atoms with Gasteiger partial charge in [-0.3, -0.25) is 4.98 Å². The molecule has 31 heavy (non-hydrogen) atoms. The average Bonchev–Trinajstić information content (AvgIpc) is 2.98. The number of hydrogen-bond acceptors (Lipinski definition) is 6. The second kappa shape index (κ2) is 7.39. The first-order valence-electron chi connectivity index (χ1n) is 7.60. The molecule has 2 aromatic heterocycles. The highest BCUT2D eigenvalue weighted by atomic mass is 32.2. The number of carbonyl (C=O) groups is 1. The Morgan fingerprint density at radius 3 is 2.06 bits per heavy atom. The molecule has 17 heteroatoms. The van der Waals surface area contributed by atoms with Crippen molar-refractivity contribution in [3.05, 3.63) is 22.8 Å². The molecule has 0 aromatic carbocycles. The van der Waals surface area contributed by atoms with Gasteiger partial charge >= 0.3 is 39.4 Å². The molecule has 0 atom stereocenters. The van der Waals surface area contributed by atoms with Crippen molar-refractivity contribution in [1.29, 1.82) is 0 Å². The predicted molar refractivity (Wildman–Crippen MR) is 86.4 cm³/mol. The molecule has 0 spiro atoms. The van der Waals surface area contributed by atoms with Crippen LogP contribution in [0.5, 0.6) is 5.75 Å². The number of rotatable bonds is 7. The van der Waals surface area contributed by atoms with Gasteiger partial charge in [0.1, 0.15) is 0 Å². The third-order valence-electron chi connectivity index (χ3n) is 3.83. The van der Waals surface area contributed by atoms with E-state index in [1.165, 1.54) is 6.92 Å². The highest BCUT2D eigenvalue weighted by Gasteiger charge is 2.86. The lowest BCUT2D eigenvalue weighted by atomic mass is 10.1. The second-order valence-electron chi connectivity index (χ2n) is 5.79. The Kier molecular flexibility index (Phi) is 5.95. The predicted octanol–water partition coefficient (Wildman–Crippen LogP) is 4.69. The Hall–Kier alpha value is -2.30. The molecule has 0 fully saturated rings. The van der Waals surface area contributed by atoms with E-state index in [1.54, 1.807) is 0 Å². The number of thiophene rings is 1. The SMILES string of the molecule is CCc1cncc2sc(C(=O)O)c(OS(=O)(=O)C(F)(F)C(F)(F)C(F)(F)C(F)(F)F)c12. The molecule has 174 valence electrons. The number of halogens is 9. The van der Waals surface area contributed by atoms with E-state index < -0.39 is 55.4 Å². The molecule has 0 unspecified atom stereocenters. The summed E-state index contributed by atoms with van der Waals surface area (Å²) in [6, 6.07) is 0. The molecule has 0 aliphatic carbocycles. The highest BCUT2D eigenvalue weighted by molar-refractivity contribution is 7.88. The van der Waals surface area contributed by atoms with Crippen molar-refractivity contribution in [1.82, 2.24) is 4.98 Å². The first-order chi connectivity index (χ1) is 13.8. The molecule has 0 aliphatic rings. The third kappa shape index (κ3) is 3.66. The Balaban J connectivity index is 2.72. The summed E-state index contributed by atoms with van der Waals surface area (Å²) in [5.41, 5.74) is -0.0119. The first-order valence-corrected chi connectivity index (χ1v) is 9.82. The van der Waals surface area contributed by atoms with Crippen LogP contribution in [0, 0.1) is 0 Å². The van der Waals surface area contributed by atoms with Gasteiger partial charge in [0.25, 0.3) is 0 Å². The summed E-state index contributed by atoms with van der Waals surface area (Å²) in [6.45, 7) is 1.42. The van der Waals surface area contributed by atoms with Gasteiger partial charge in [-0.05, 0) is 12.0 Å². The lowest BCUT2D eigenvalue weighted by Gasteiger charge is -2.32. The average molecular weight is 505 g/mol. The summed E-state index contributed by atoms with van der Waals surface area (Å²) in [7, 11) is -7.30. The monoisotopic (exact) mass is 505 g/mol. The molecule has 0 aliphatic heterocycles. The van der Waals surface area contributed by atoms with Crippen molar-refractivity contribution < 1.29 is 62.0 Å². The van der Waals surface area contributed by atoms with Gasteiger partial charge in [-0.2, -0.15) is 47.9 Å². The van der Waals surface area contributed by atoms with E-state index in [2.05, 4.69) is 9.17 Å². The zero-order valence-electron chi connectivity index (χ0n) is 14.6. The van der Waals surface area contributed by atoms with Crippen LogP contribution in [0.25, 0.3) is 10.1 Å². The van der Waals surface area contributed by atoms with Crippen LogP contribution in [0.2, 0.25) is 0 Å². The minimum absolute atomic E-state index is 0.0119. The van der Waals surface area contributed by atoms with Crippen LogP contribution in [0.15, 0.2) is 12.4 Å². The van der Waals surface area contributed by atoms with Gasteiger partial charge in [0.2, 0.25) is 0 Å². The van der Waals surface area contributed by atoms with Crippen molar-refractivity contribution in [2.24, 2.45) is 0 Å². The summed E-state index contributed by atoms with van der Waals surface area (Å²) >= 11 is 0.218. The van der Waals surface area contributed by atoms with Crippen LogP contribution in [-0.2, 0) is 16.5 Å². The van der Waals surface area contributed by atoms with E-state index in [9.17, 15) is 52.7 Å². The van der Waals surface area contributed by atoms with Gasteiger partial charge in [-0.25, -0.2) is 4.79 Å². The molecule has 0 amide bonds. The highest BCUT2D eigenvalue weighted by Crippen LogP contribution is 2.55. The fourth-order valence-corrected chi connectivity index (χ4v) is 4.22. The van der Waals surface area contributed by atoms with Gasteiger partial charge in [-0.1, -0.05) is 6.92 Å². The van der Waals surface area contributed by atoms with Crippen molar-refractivity contribution >= 4 is 37.5 Å². The third-order valence-corrected chi connectivity index (χ3v) is 6.20. The summed E-state index contributed by atoms with van der Waals surface area (Å²) in [5.74, 6) is -18.4. The maximum Gasteiger partial charge on any atom is 0.460 e. The molecular weight excluding hydrogens is 497 g/mol. The van der Waals surface area contributed by atoms with Gasteiger partial charge < -0.3 is 9.29 Å². The molecule has 0 saturated carbocycles. The largest absolute Gasteiger partial charge is 0.477 e. The number of carboxylic acids is 1. The van der Waals surface area contributed by atoms with Crippen molar-refractivity contribution in [2.75, 3.05) is 0 Å². The topological polar surface area (TPSA) is 93.6 Å². The summed E-state index contributed by atoms with van der Waals surface area (Å²) in [5, 5.41) is 1.53. The Morgan fingerprint density at radius 2 is 1.61 bits per heavy atom. The molecule has 2 aromatic rings. The van der Waals surface area contributed by atoms with Crippen molar-refractivity contribution in [2.45, 2.75) is 36.6 Å². The molecule has 2 heterocycles. The molecule has 2 rings (SSSR count). The van der Waals surface area contributed by atoms with Crippen LogP contribution >= 0.6 is 11.3 Å². The Labute approximate surface area is 170 Å². The number of aromatic carboxylic acids is 1. The quantitative estimate of drug-likeness (QED) is 0.434. The number of fused-ring (bicyclic) bond motifs is 1. The van der Waals surface area contributed by atoms with Crippen molar-refractivity contribution in [3.8, 4) is 5.75 Å². The maximum atomic E-state index is 13.9. The maximum absolute atomic E-state index is 13.9. The number of nitrogens with zero attached hydrogens (tertiary/aromatic N) is 1. The molecule has 0 bridgehead atoms. The first kappa shape index (κ1) is 25.0. The minimum atomic E-state index is -7.51. The molecule has 0 saturated heterocycles. The number of aryl methyl sites for hydroxylation is 1. The molecule has 0 radical (unpaired) electrons. The van der Waals surface area contributed by atoms with E-state index in [-0.39, 0.29) is 28.0 Å². The van der Waals surface area contributed by atoms with Crippen LogP contribution in [0.3, 0.4) is 0 Å². The number of alkyl halides is 9. The molecular formula is C14H8F9NO5S2. The standard InChI is InChI=1S/C14H8F9NO5S2/c1-2-5-3-24-4-6-7(5)8(9(30-6)10(25)26)29-31(27,28)14(22,23)12(17,18)11(15,16)13(19,20)21/h3-4H,2H2,1H3,(H,25,26). The van der Waals surface area contributed by atoms with Crippen LogP contribution < -0.4 is 4.18 Å². The zero-order valence-corrected chi connectivity index (χ0v) is 16.2. The summed E-state index contributed by atoms with van der Waals surface area (Å²) in [6.07, 6.45) is -5.33. The lowest BCUT2D eigenvalue weighted by Crippen LogP contribution is -2.63. The van der Waals surface area contributed by atoms with Crippen molar-refractivity contribution in [3.63, 3.8) is 0 Å². The van der Waals surface area contributed by atoms with Crippen LogP contribution in [-0.4, -0.2) is 47.8 Å². The summed E-state index contributed by atoms with van der Waals surface area (Å²) in [4.78, 5) is 13.9. The number of carboxylic acid groups (broad SMARTS) is 1. The van der Waals surface area contributed by atoms with E-state index in [0.717, 1.165) is 12.4 Å².